The predicted molar refractivity (Wildman–Crippen MR) is 86.0 cm³/mol. The van der Waals surface area contributed by atoms with Gasteiger partial charge in [-0.1, -0.05) is 31.5 Å². The molecule has 0 fully saturated rings. The summed E-state index contributed by atoms with van der Waals surface area (Å²) < 4.78 is 43.0. The van der Waals surface area contributed by atoms with Gasteiger partial charge in [-0.2, -0.15) is 13.2 Å². The molecular weight excluding hydrogens is 337 g/mol. The van der Waals surface area contributed by atoms with Crippen molar-refractivity contribution < 1.29 is 32.6 Å². The maximum atomic E-state index is 12.7. The van der Waals surface area contributed by atoms with Crippen LogP contribution in [0.5, 0.6) is 0 Å². The molecule has 0 heterocycles. The molecule has 4 nitrogen and oxygen atoms in total. The van der Waals surface area contributed by atoms with Gasteiger partial charge in [0.25, 0.3) is 0 Å². The molecule has 0 saturated heterocycles. The van der Waals surface area contributed by atoms with Gasteiger partial charge < -0.3 is 9.84 Å². The first kappa shape index (κ1) is 21.0. The quantitative estimate of drug-likeness (QED) is 0.401. The van der Waals surface area contributed by atoms with Crippen molar-refractivity contribution in [3.63, 3.8) is 0 Å². The van der Waals surface area contributed by atoms with Crippen LogP contribution in [0.25, 0.3) is 0 Å². The number of unbranched alkanes of at least 4 members (excludes halogenated alkanes) is 1. The summed E-state index contributed by atoms with van der Waals surface area (Å²) in [6.45, 7) is 3.51. The summed E-state index contributed by atoms with van der Waals surface area (Å²) >= 11 is 0. The fourth-order valence-corrected chi connectivity index (χ4v) is 2.29. The van der Waals surface area contributed by atoms with Crippen LogP contribution in [0.15, 0.2) is 24.3 Å². The Kier molecular flexibility index (Phi) is 7.93. The maximum Gasteiger partial charge on any atom is 0.416 e. The van der Waals surface area contributed by atoms with Crippen LogP contribution in [0, 0.1) is 5.92 Å². The third-order valence-corrected chi connectivity index (χ3v) is 3.94. The Hall–Kier alpha value is -2.05. The first-order valence-corrected chi connectivity index (χ1v) is 8.24. The molecule has 2 atom stereocenters. The molecule has 0 bridgehead atoms. The average Bonchev–Trinajstić information content (AvgIpc) is 2.53. The minimum atomic E-state index is -4.38. The first-order valence-electron chi connectivity index (χ1n) is 8.24. The number of rotatable bonds is 9. The normalized spacial score (nSPS) is 14.0. The van der Waals surface area contributed by atoms with Crippen LogP contribution in [0.1, 0.15) is 50.7 Å². The Bertz CT molecular complexity index is 584. The van der Waals surface area contributed by atoms with E-state index in [1.807, 2.05) is 6.92 Å². The second-order valence-electron chi connectivity index (χ2n) is 5.99. The lowest BCUT2D eigenvalue weighted by molar-refractivity contribution is -0.162. The Morgan fingerprint density at radius 3 is 2.48 bits per heavy atom. The summed E-state index contributed by atoms with van der Waals surface area (Å²) in [5.41, 5.74) is -0.172. The monoisotopic (exact) mass is 360 g/mol. The fraction of sp³-hybridized carbons (Fsp3) is 0.556. The van der Waals surface area contributed by atoms with E-state index in [0.717, 1.165) is 12.1 Å². The maximum absolute atomic E-state index is 12.7. The summed E-state index contributed by atoms with van der Waals surface area (Å²) in [6.07, 6.45) is -2.76. The van der Waals surface area contributed by atoms with Crippen molar-refractivity contribution in [1.29, 1.82) is 0 Å². The number of hydrogen-bond donors (Lipinski definition) is 1. The molecule has 1 aromatic rings. The van der Waals surface area contributed by atoms with Gasteiger partial charge in [-0.3, -0.25) is 9.59 Å². The van der Waals surface area contributed by atoms with E-state index < -0.39 is 29.6 Å². The van der Waals surface area contributed by atoms with Crippen LogP contribution in [0.2, 0.25) is 0 Å². The van der Waals surface area contributed by atoms with E-state index in [-0.39, 0.29) is 12.5 Å². The lowest BCUT2D eigenvalue weighted by Gasteiger charge is -2.15. The van der Waals surface area contributed by atoms with Gasteiger partial charge in [-0.05, 0) is 44.2 Å². The highest BCUT2D eigenvalue weighted by molar-refractivity contribution is 5.93. The molecule has 0 aromatic heterocycles. The third-order valence-electron chi connectivity index (χ3n) is 3.94. The number of hydrogen-bond acceptors (Lipinski definition) is 3. The number of halogens is 3. The molecule has 1 rings (SSSR count). The van der Waals surface area contributed by atoms with Crippen LogP contribution < -0.4 is 0 Å². The predicted octanol–water partition coefficient (Wildman–Crippen LogP) is 4.46. The number of ether oxygens (including phenoxy) is 1. The topological polar surface area (TPSA) is 63.6 Å². The van der Waals surface area contributed by atoms with Gasteiger partial charge in [-0.15, -0.1) is 0 Å². The van der Waals surface area contributed by atoms with Gasteiger partial charge in [0.15, 0.2) is 5.92 Å². The Labute approximate surface area is 145 Å². The molecule has 0 aliphatic carbocycles. The number of aryl methyl sites for hydroxylation is 1. The molecule has 25 heavy (non-hydrogen) atoms. The highest BCUT2D eigenvalue weighted by Crippen LogP contribution is 2.29. The molecule has 0 saturated carbocycles. The number of esters is 1. The Morgan fingerprint density at radius 2 is 1.92 bits per heavy atom. The summed E-state index contributed by atoms with van der Waals surface area (Å²) in [4.78, 5) is 23.0. The van der Waals surface area contributed by atoms with E-state index in [9.17, 15) is 22.8 Å². The summed E-state index contributed by atoms with van der Waals surface area (Å²) in [5.74, 6) is -3.25. The number of carboxylic acids is 1. The molecule has 0 amide bonds. The second-order valence-corrected chi connectivity index (χ2v) is 5.99. The number of carbonyl (C=O) groups excluding carboxylic acids is 1. The molecule has 0 aliphatic heterocycles. The molecule has 2 unspecified atom stereocenters. The molecule has 0 aliphatic rings. The summed E-state index contributed by atoms with van der Waals surface area (Å²) in [6, 6.07) is 5.05. The molecule has 1 aromatic carbocycles. The van der Waals surface area contributed by atoms with Crippen molar-refractivity contribution in [2.75, 3.05) is 0 Å². The zero-order chi connectivity index (χ0) is 19.0. The number of benzene rings is 1. The van der Waals surface area contributed by atoms with E-state index in [1.54, 1.807) is 13.0 Å². The van der Waals surface area contributed by atoms with Gasteiger partial charge in [0.1, 0.15) is 0 Å². The summed E-state index contributed by atoms with van der Waals surface area (Å²) in [7, 11) is 0. The molecule has 1 N–H and O–H groups in total. The highest BCUT2D eigenvalue weighted by atomic mass is 19.4. The summed E-state index contributed by atoms with van der Waals surface area (Å²) in [5, 5.41) is 9.15. The SMILES string of the molecule is CCC(C)OC(=O)C(CCCCc1cccc(C(F)(F)F)c1)C(=O)O. The Balaban J connectivity index is 2.52. The van der Waals surface area contributed by atoms with E-state index >= 15 is 0 Å². The van der Waals surface area contributed by atoms with Gasteiger partial charge in [0, 0.05) is 0 Å². The zero-order valence-corrected chi connectivity index (χ0v) is 14.3. The van der Waals surface area contributed by atoms with E-state index in [0.29, 0.717) is 31.2 Å². The molecule has 0 radical (unpaired) electrons. The smallest absolute Gasteiger partial charge is 0.416 e. The fourth-order valence-electron chi connectivity index (χ4n) is 2.29. The number of carbonyl (C=O) groups is 2. The molecular formula is C18H23F3O4. The largest absolute Gasteiger partial charge is 0.481 e. The molecule has 0 spiro atoms. The highest BCUT2D eigenvalue weighted by Gasteiger charge is 2.30. The van der Waals surface area contributed by atoms with Gasteiger partial charge in [0.05, 0.1) is 11.7 Å². The van der Waals surface area contributed by atoms with E-state index in [1.165, 1.54) is 6.07 Å². The first-order chi connectivity index (χ1) is 11.6. The average molecular weight is 360 g/mol. The zero-order valence-electron chi connectivity index (χ0n) is 14.3. The molecule has 7 heteroatoms. The van der Waals surface area contributed by atoms with Crippen LogP contribution in [-0.4, -0.2) is 23.1 Å². The standard InChI is InChI=1S/C18H23F3O4/c1-3-12(2)25-17(24)15(16(22)23)10-5-4-7-13-8-6-9-14(11-13)18(19,20)21/h6,8-9,11-12,15H,3-5,7,10H2,1-2H3,(H,22,23). The van der Waals surface area contributed by atoms with Gasteiger partial charge >= 0.3 is 18.1 Å². The number of carboxylic acid groups (broad SMARTS) is 1. The van der Waals surface area contributed by atoms with Crippen molar-refractivity contribution in [2.24, 2.45) is 5.92 Å². The number of alkyl halides is 3. The van der Waals surface area contributed by atoms with Crippen molar-refractivity contribution in [3.05, 3.63) is 35.4 Å². The van der Waals surface area contributed by atoms with Crippen LogP contribution >= 0.6 is 0 Å². The third kappa shape index (κ3) is 7.15. The number of aliphatic carboxylic acids is 1. The lowest BCUT2D eigenvalue weighted by Crippen LogP contribution is -2.28. The lowest BCUT2D eigenvalue weighted by atomic mass is 9.99. The minimum absolute atomic E-state index is 0.101. The van der Waals surface area contributed by atoms with Crippen molar-refractivity contribution in [2.45, 2.75) is 58.2 Å². The van der Waals surface area contributed by atoms with Crippen LogP contribution in [0.3, 0.4) is 0 Å². The Morgan fingerprint density at radius 1 is 1.24 bits per heavy atom. The van der Waals surface area contributed by atoms with E-state index in [4.69, 9.17) is 9.84 Å². The van der Waals surface area contributed by atoms with Crippen LogP contribution in [-0.2, 0) is 26.9 Å². The van der Waals surface area contributed by atoms with Crippen LogP contribution in [0.4, 0.5) is 13.2 Å². The van der Waals surface area contributed by atoms with E-state index in [2.05, 4.69) is 0 Å². The van der Waals surface area contributed by atoms with Gasteiger partial charge in [-0.25, -0.2) is 0 Å². The second kappa shape index (κ2) is 9.44. The minimum Gasteiger partial charge on any atom is -0.481 e. The molecule has 140 valence electrons. The van der Waals surface area contributed by atoms with Gasteiger partial charge in [0.2, 0.25) is 0 Å². The van der Waals surface area contributed by atoms with Crippen molar-refractivity contribution in [3.8, 4) is 0 Å². The van der Waals surface area contributed by atoms with Crippen molar-refractivity contribution in [1.82, 2.24) is 0 Å². The van der Waals surface area contributed by atoms with Crippen molar-refractivity contribution >= 4 is 11.9 Å².